The average Bonchev–Trinajstić information content (AvgIpc) is 2.86. The maximum Gasteiger partial charge on any atom is 0.261 e. The second-order valence-corrected chi connectivity index (χ2v) is 17.2. The molecule has 0 N–H and O–H groups in total. The Bertz CT molecular complexity index is 1050. The lowest BCUT2D eigenvalue weighted by Gasteiger charge is -2.45. The van der Waals surface area contributed by atoms with Gasteiger partial charge in [-0.25, -0.2) is 0 Å². The molecular formula is C36H52OSi. The lowest BCUT2D eigenvalue weighted by Crippen LogP contribution is -2.67. The van der Waals surface area contributed by atoms with E-state index in [2.05, 4.69) is 134 Å². The molecule has 0 bridgehead atoms. The van der Waals surface area contributed by atoms with Gasteiger partial charge in [-0.1, -0.05) is 137 Å². The van der Waals surface area contributed by atoms with Crippen molar-refractivity contribution in [1.82, 2.24) is 0 Å². The SMILES string of the molecule is CC1=CCCC(C)CC(O[Si](c2ccccc2)(c2ccccc2)C(C)(C)C)CC(C)=CC=C(C(C)C)CC1. The molecule has 2 aromatic carbocycles. The van der Waals surface area contributed by atoms with Crippen molar-refractivity contribution in [3.05, 3.63) is 95.6 Å². The Balaban J connectivity index is 2.09. The first-order valence-corrected chi connectivity index (χ1v) is 16.7. The topological polar surface area (TPSA) is 9.23 Å². The molecule has 0 aromatic heterocycles. The molecule has 0 saturated heterocycles. The summed E-state index contributed by atoms with van der Waals surface area (Å²) in [5.74, 6) is 1.18. The van der Waals surface area contributed by atoms with E-state index in [-0.39, 0.29) is 11.1 Å². The lowest BCUT2D eigenvalue weighted by molar-refractivity contribution is 0.156. The molecule has 2 unspecified atom stereocenters. The highest BCUT2D eigenvalue weighted by Crippen LogP contribution is 2.39. The molecule has 2 aromatic rings. The van der Waals surface area contributed by atoms with Crippen molar-refractivity contribution < 1.29 is 4.43 Å². The van der Waals surface area contributed by atoms with Crippen LogP contribution < -0.4 is 10.4 Å². The van der Waals surface area contributed by atoms with Crippen LogP contribution in [0.1, 0.15) is 93.9 Å². The van der Waals surface area contributed by atoms with Crippen LogP contribution in [0.15, 0.2) is 95.6 Å². The molecule has 38 heavy (non-hydrogen) atoms. The molecule has 0 aliphatic heterocycles. The fraction of sp³-hybridized carbons (Fsp3) is 0.500. The largest absolute Gasteiger partial charge is 0.404 e. The van der Waals surface area contributed by atoms with Crippen molar-refractivity contribution in [2.45, 2.75) is 105 Å². The van der Waals surface area contributed by atoms with Crippen LogP contribution in [-0.2, 0) is 4.43 Å². The molecule has 0 spiro atoms. The molecule has 0 saturated carbocycles. The van der Waals surface area contributed by atoms with Gasteiger partial charge < -0.3 is 4.43 Å². The third-order valence-corrected chi connectivity index (χ3v) is 13.4. The van der Waals surface area contributed by atoms with Gasteiger partial charge in [-0.05, 0) is 79.6 Å². The van der Waals surface area contributed by atoms with Crippen LogP contribution in [0.3, 0.4) is 0 Å². The van der Waals surface area contributed by atoms with Crippen molar-refractivity contribution in [2.24, 2.45) is 11.8 Å². The second kappa shape index (κ2) is 13.8. The Morgan fingerprint density at radius 3 is 1.92 bits per heavy atom. The molecular weight excluding hydrogens is 476 g/mol. The average molecular weight is 529 g/mol. The van der Waals surface area contributed by atoms with E-state index in [1.807, 2.05) is 0 Å². The van der Waals surface area contributed by atoms with E-state index in [1.54, 1.807) is 5.57 Å². The van der Waals surface area contributed by atoms with Crippen LogP contribution in [0.5, 0.6) is 0 Å². The summed E-state index contributed by atoms with van der Waals surface area (Å²) in [6.45, 7) is 18.9. The summed E-state index contributed by atoms with van der Waals surface area (Å²) < 4.78 is 7.67. The number of benzene rings is 2. The molecule has 0 heterocycles. The smallest absolute Gasteiger partial charge is 0.261 e. The zero-order valence-corrected chi connectivity index (χ0v) is 26.4. The van der Waals surface area contributed by atoms with Gasteiger partial charge in [-0.15, -0.1) is 0 Å². The molecule has 0 amide bonds. The summed E-state index contributed by atoms with van der Waals surface area (Å²) in [5, 5.41) is 2.72. The molecule has 206 valence electrons. The van der Waals surface area contributed by atoms with Gasteiger partial charge in [-0.2, -0.15) is 0 Å². The number of hydrogen-bond acceptors (Lipinski definition) is 1. The van der Waals surface area contributed by atoms with Crippen molar-refractivity contribution in [3.63, 3.8) is 0 Å². The molecule has 3 rings (SSSR count). The standard InChI is InChI=1S/C36H52OSi/c1-28(2)32-24-22-29(3)16-15-17-30(4)26-33(27-31(5)23-25-32)37-38(36(6,7)8,34-18-11-9-12-19-34)35-20-13-10-14-21-35/h9-14,16,18-21,23,25,28,30,33H,15,17,22,24,26-27H2,1-8H3. The molecule has 2 heteroatoms. The first kappa shape index (κ1) is 30.4. The maximum atomic E-state index is 7.67. The first-order chi connectivity index (χ1) is 18.0. The Hall–Kier alpha value is -2.16. The van der Waals surface area contributed by atoms with Crippen molar-refractivity contribution in [2.75, 3.05) is 0 Å². The summed E-state index contributed by atoms with van der Waals surface area (Å²) in [6.07, 6.45) is 14.2. The number of allylic oxidation sites excluding steroid dienone is 5. The van der Waals surface area contributed by atoms with E-state index in [9.17, 15) is 0 Å². The predicted molar refractivity (Wildman–Crippen MR) is 170 cm³/mol. The lowest BCUT2D eigenvalue weighted by atomic mass is 9.92. The zero-order chi connectivity index (χ0) is 27.8. The minimum Gasteiger partial charge on any atom is -0.404 e. The van der Waals surface area contributed by atoms with Crippen LogP contribution >= 0.6 is 0 Å². The van der Waals surface area contributed by atoms with Crippen LogP contribution in [0.2, 0.25) is 5.04 Å². The molecule has 1 aliphatic rings. The van der Waals surface area contributed by atoms with Crippen LogP contribution in [0.25, 0.3) is 0 Å². The van der Waals surface area contributed by atoms with Crippen molar-refractivity contribution in [1.29, 1.82) is 0 Å². The highest BCUT2D eigenvalue weighted by Gasteiger charge is 2.51. The summed E-state index contributed by atoms with van der Waals surface area (Å²) >= 11 is 0. The quantitative estimate of drug-likeness (QED) is 0.277. The van der Waals surface area contributed by atoms with E-state index in [0.717, 1.165) is 25.7 Å². The monoisotopic (exact) mass is 528 g/mol. The fourth-order valence-electron chi connectivity index (χ4n) is 5.98. The third-order valence-electron chi connectivity index (χ3n) is 8.26. The van der Waals surface area contributed by atoms with Gasteiger partial charge in [0, 0.05) is 6.10 Å². The van der Waals surface area contributed by atoms with Crippen LogP contribution in [0, 0.1) is 11.8 Å². The predicted octanol–water partition coefficient (Wildman–Crippen LogP) is 9.40. The van der Waals surface area contributed by atoms with Gasteiger partial charge in [-0.3, -0.25) is 0 Å². The Kier molecular flexibility index (Phi) is 11.0. The van der Waals surface area contributed by atoms with Gasteiger partial charge in [0.05, 0.1) is 0 Å². The van der Waals surface area contributed by atoms with Gasteiger partial charge >= 0.3 is 0 Å². The van der Waals surface area contributed by atoms with Crippen molar-refractivity contribution >= 4 is 18.7 Å². The third kappa shape index (κ3) is 7.93. The summed E-state index contributed by atoms with van der Waals surface area (Å²) in [6, 6.07) is 22.2. The van der Waals surface area contributed by atoms with Gasteiger partial charge in [0.25, 0.3) is 8.32 Å². The van der Waals surface area contributed by atoms with Crippen LogP contribution in [0.4, 0.5) is 0 Å². The molecule has 1 aliphatic carbocycles. The fourth-order valence-corrected chi connectivity index (χ4v) is 10.7. The number of hydrogen-bond donors (Lipinski definition) is 0. The number of rotatable bonds is 5. The van der Waals surface area contributed by atoms with Gasteiger partial charge in [0.1, 0.15) is 0 Å². The minimum absolute atomic E-state index is 0.0137. The minimum atomic E-state index is -2.60. The van der Waals surface area contributed by atoms with Crippen LogP contribution in [-0.4, -0.2) is 14.4 Å². The highest BCUT2D eigenvalue weighted by atomic mass is 28.4. The zero-order valence-electron chi connectivity index (χ0n) is 25.4. The van der Waals surface area contributed by atoms with E-state index in [4.69, 9.17) is 4.43 Å². The van der Waals surface area contributed by atoms with E-state index in [1.165, 1.54) is 34.4 Å². The first-order valence-electron chi connectivity index (χ1n) is 14.8. The summed E-state index contributed by atoms with van der Waals surface area (Å²) in [5.41, 5.74) is 4.50. The second-order valence-electron chi connectivity index (χ2n) is 13.0. The van der Waals surface area contributed by atoms with Gasteiger partial charge in [0.15, 0.2) is 0 Å². The molecule has 0 radical (unpaired) electrons. The van der Waals surface area contributed by atoms with Crippen molar-refractivity contribution in [3.8, 4) is 0 Å². The molecule has 2 atom stereocenters. The van der Waals surface area contributed by atoms with Gasteiger partial charge in [0.2, 0.25) is 0 Å². The highest BCUT2D eigenvalue weighted by molar-refractivity contribution is 6.99. The maximum absolute atomic E-state index is 7.67. The molecule has 1 nitrogen and oxygen atoms in total. The summed E-state index contributed by atoms with van der Waals surface area (Å²) in [7, 11) is -2.60. The Labute approximate surface area is 235 Å². The molecule has 0 fully saturated rings. The normalized spacial score (nSPS) is 20.8. The van der Waals surface area contributed by atoms with E-state index in [0.29, 0.717) is 11.8 Å². The Morgan fingerprint density at radius 2 is 1.39 bits per heavy atom. The summed E-state index contributed by atoms with van der Waals surface area (Å²) in [4.78, 5) is 0. The Morgan fingerprint density at radius 1 is 0.816 bits per heavy atom. The van der Waals surface area contributed by atoms with E-state index >= 15 is 0 Å². The van der Waals surface area contributed by atoms with E-state index < -0.39 is 8.32 Å².